The molecule has 0 atom stereocenters. The Kier molecular flexibility index (Phi) is 7.84. The molecule has 8 nitrogen and oxygen atoms in total. The number of carbonyl (C=O) groups is 1. The van der Waals surface area contributed by atoms with Crippen LogP contribution in [0.3, 0.4) is 0 Å². The minimum atomic E-state index is -0.0691. The zero-order valence-corrected chi connectivity index (χ0v) is 18.5. The molecule has 1 amide bonds. The van der Waals surface area contributed by atoms with Crippen LogP contribution in [-0.2, 0) is 11.3 Å². The van der Waals surface area contributed by atoms with Crippen LogP contribution in [-0.4, -0.2) is 57.2 Å². The molecule has 0 fully saturated rings. The highest BCUT2D eigenvalue weighted by Crippen LogP contribution is 2.26. The summed E-state index contributed by atoms with van der Waals surface area (Å²) in [6.07, 6.45) is 1.77. The number of nitrogens with zero attached hydrogens (tertiary/aromatic N) is 4. The second-order valence-corrected chi connectivity index (χ2v) is 8.97. The molecule has 0 saturated heterocycles. The van der Waals surface area contributed by atoms with Crippen molar-refractivity contribution in [2.24, 2.45) is 0 Å². The second kappa shape index (κ2) is 10.6. The number of thiophene rings is 1. The second-order valence-electron chi connectivity index (χ2n) is 6.48. The van der Waals surface area contributed by atoms with Gasteiger partial charge in [-0.2, -0.15) is 5.10 Å². The van der Waals surface area contributed by atoms with Gasteiger partial charge in [-0.3, -0.25) is 4.79 Å². The van der Waals surface area contributed by atoms with Crippen LogP contribution in [0.2, 0.25) is 0 Å². The average Bonchev–Trinajstić information content (AvgIpc) is 3.35. The Morgan fingerprint density at radius 1 is 1.34 bits per heavy atom. The van der Waals surface area contributed by atoms with E-state index < -0.39 is 0 Å². The van der Waals surface area contributed by atoms with Gasteiger partial charge in [0.15, 0.2) is 10.8 Å². The van der Waals surface area contributed by atoms with Crippen LogP contribution in [0, 0.1) is 0 Å². The number of hydrogen-bond donors (Lipinski definition) is 2. The molecule has 10 heteroatoms. The maximum atomic E-state index is 12.1. The molecule has 0 aromatic carbocycles. The molecule has 0 aliphatic rings. The van der Waals surface area contributed by atoms with Gasteiger partial charge < -0.3 is 15.4 Å². The molecule has 3 aromatic rings. The fraction of sp³-hybridized carbons (Fsp3) is 0.474. The summed E-state index contributed by atoms with van der Waals surface area (Å²) in [5.74, 6) is 0.687. The largest absolute Gasteiger partial charge is 0.380 e. The maximum absolute atomic E-state index is 12.1. The van der Waals surface area contributed by atoms with Crippen LogP contribution in [0.5, 0.6) is 0 Å². The Labute approximate surface area is 178 Å². The highest BCUT2D eigenvalue weighted by molar-refractivity contribution is 7.99. The van der Waals surface area contributed by atoms with Crippen LogP contribution in [0.25, 0.3) is 11.0 Å². The molecule has 0 aliphatic heterocycles. The first-order valence-electron chi connectivity index (χ1n) is 9.62. The van der Waals surface area contributed by atoms with Crippen LogP contribution >= 0.6 is 23.1 Å². The fourth-order valence-corrected chi connectivity index (χ4v) is 4.00. The van der Waals surface area contributed by atoms with Crippen molar-refractivity contribution in [3.8, 4) is 0 Å². The fourth-order valence-electron chi connectivity index (χ4n) is 2.65. The van der Waals surface area contributed by atoms with Crippen molar-refractivity contribution < 1.29 is 9.53 Å². The maximum Gasteiger partial charge on any atom is 0.261 e. The molecule has 29 heavy (non-hydrogen) atoms. The van der Waals surface area contributed by atoms with Gasteiger partial charge in [-0.15, -0.1) is 11.3 Å². The SMILES string of the molecule is CCOCCNc1nc(SC(C)C)nc2c1cnn2CCNC(=O)c1cccs1. The molecule has 0 radical (unpaired) electrons. The lowest BCUT2D eigenvalue weighted by Crippen LogP contribution is -2.26. The Morgan fingerprint density at radius 3 is 2.93 bits per heavy atom. The van der Waals surface area contributed by atoms with Gasteiger partial charge in [-0.25, -0.2) is 14.6 Å². The van der Waals surface area contributed by atoms with Crippen LogP contribution in [0.15, 0.2) is 28.9 Å². The third-order valence-corrected chi connectivity index (χ3v) is 5.65. The molecule has 0 unspecified atom stereocenters. The Hall–Kier alpha value is -2.17. The number of amides is 1. The molecule has 0 bridgehead atoms. The first-order chi connectivity index (χ1) is 14.1. The molecule has 3 aromatic heterocycles. The number of fused-ring (bicyclic) bond motifs is 1. The lowest BCUT2D eigenvalue weighted by atomic mass is 10.4. The predicted molar refractivity (Wildman–Crippen MR) is 118 cm³/mol. The molecule has 0 saturated carbocycles. The zero-order chi connectivity index (χ0) is 20.6. The van der Waals surface area contributed by atoms with Crippen molar-refractivity contribution in [3.05, 3.63) is 28.6 Å². The van der Waals surface area contributed by atoms with Gasteiger partial charge in [0.25, 0.3) is 5.91 Å². The first kappa shape index (κ1) is 21.5. The molecular weight excluding hydrogens is 408 g/mol. The molecule has 3 rings (SSSR count). The van der Waals surface area contributed by atoms with E-state index in [2.05, 4.69) is 34.6 Å². The van der Waals surface area contributed by atoms with Crippen LogP contribution < -0.4 is 10.6 Å². The molecule has 156 valence electrons. The number of nitrogens with one attached hydrogen (secondary N) is 2. The van der Waals surface area contributed by atoms with E-state index in [1.165, 1.54) is 11.3 Å². The number of thioether (sulfide) groups is 1. The summed E-state index contributed by atoms with van der Waals surface area (Å²) in [7, 11) is 0. The standard InChI is InChI=1S/C19H26N6O2S2/c1-4-27-10-8-20-16-14-12-22-25(17(14)24-19(23-16)29-13(2)3)9-7-21-18(26)15-6-5-11-28-15/h5-6,11-13H,4,7-10H2,1-3H3,(H,21,26)(H,20,23,24). The number of ether oxygens (including phenoxy) is 1. The lowest BCUT2D eigenvalue weighted by molar-refractivity contribution is 0.0956. The van der Waals surface area contributed by atoms with E-state index in [0.717, 1.165) is 16.9 Å². The van der Waals surface area contributed by atoms with Gasteiger partial charge in [0, 0.05) is 24.9 Å². The molecule has 3 heterocycles. The molecule has 2 N–H and O–H groups in total. The molecule has 0 aliphatic carbocycles. The number of rotatable bonds is 11. The Morgan fingerprint density at radius 2 is 2.21 bits per heavy atom. The van der Waals surface area contributed by atoms with E-state index in [9.17, 15) is 4.79 Å². The van der Waals surface area contributed by atoms with E-state index in [-0.39, 0.29) is 5.91 Å². The Bertz CT molecular complexity index is 926. The van der Waals surface area contributed by atoms with Crippen molar-refractivity contribution in [2.45, 2.75) is 37.7 Å². The number of aromatic nitrogens is 4. The molecule has 0 spiro atoms. The summed E-state index contributed by atoms with van der Waals surface area (Å²) in [5.41, 5.74) is 0.757. The van der Waals surface area contributed by atoms with Gasteiger partial charge in [0.2, 0.25) is 0 Å². The number of hydrogen-bond acceptors (Lipinski definition) is 8. The minimum Gasteiger partial charge on any atom is -0.380 e. The van der Waals surface area contributed by atoms with Gasteiger partial charge in [-0.1, -0.05) is 31.7 Å². The number of anilines is 1. The zero-order valence-electron chi connectivity index (χ0n) is 16.8. The van der Waals surface area contributed by atoms with E-state index in [4.69, 9.17) is 9.72 Å². The Balaban J connectivity index is 1.74. The van der Waals surface area contributed by atoms with Crippen molar-refractivity contribution in [3.63, 3.8) is 0 Å². The monoisotopic (exact) mass is 434 g/mol. The van der Waals surface area contributed by atoms with Gasteiger partial charge in [0.05, 0.1) is 29.6 Å². The predicted octanol–water partition coefficient (Wildman–Crippen LogP) is 3.27. The quantitative estimate of drug-likeness (QED) is 0.272. The third kappa shape index (κ3) is 5.91. The number of carbonyl (C=O) groups excluding carboxylic acids is 1. The normalized spacial score (nSPS) is 11.3. The summed E-state index contributed by atoms with van der Waals surface area (Å²) < 4.78 is 7.21. The highest BCUT2D eigenvalue weighted by Gasteiger charge is 2.14. The third-order valence-electron chi connectivity index (χ3n) is 3.91. The van der Waals surface area contributed by atoms with Crippen molar-refractivity contribution in [1.82, 2.24) is 25.1 Å². The summed E-state index contributed by atoms with van der Waals surface area (Å²) >= 11 is 3.03. The van der Waals surface area contributed by atoms with E-state index in [1.54, 1.807) is 18.0 Å². The van der Waals surface area contributed by atoms with Gasteiger partial charge >= 0.3 is 0 Å². The summed E-state index contributed by atoms with van der Waals surface area (Å²) in [5, 5.41) is 14.5. The van der Waals surface area contributed by atoms with Crippen LogP contribution in [0.1, 0.15) is 30.4 Å². The van der Waals surface area contributed by atoms with Crippen molar-refractivity contribution >= 4 is 45.9 Å². The van der Waals surface area contributed by atoms with Crippen molar-refractivity contribution in [1.29, 1.82) is 0 Å². The van der Waals surface area contributed by atoms with E-state index >= 15 is 0 Å². The smallest absolute Gasteiger partial charge is 0.261 e. The average molecular weight is 435 g/mol. The van der Waals surface area contributed by atoms with Crippen LogP contribution in [0.4, 0.5) is 5.82 Å². The highest BCUT2D eigenvalue weighted by atomic mass is 32.2. The van der Waals surface area contributed by atoms with Crippen molar-refractivity contribution in [2.75, 3.05) is 31.6 Å². The lowest BCUT2D eigenvalue weighted by Gasteiger charge is -2.11. The topological polar surface area (TPSA) is 94.0 Å². The van der Waals surface area contributed by atoms with E-state index in [1.807, 2.05) is 29.1 Å². The van der Waals surface area contributed by atoms with Gasteiger partial charge in [-0.05, 0) is 18.4 Å². The molecular formula is C19H26N6O2S2. The van der Waals surface area contributed by atoms with E-state index in [0.29, 0.717) is 48.1 Å². The summed E-state index contributed by atoms with van der Waals surface area (Å²) in [4.78, 5) is 22.2. The summed E-state index contributed by atoms with van der Waals surface area (Å²) in [6.45, 7) is 9.14. The van der Waals surface area contributed by atoms with Gasteiger partial charge in [0.1, 0.15) is 5.82 Å². The first-order valence-corrected chi connectivity index (χ1v) is 11.4. The minimum absolute atomic E-state index is 0.0691. The summed E-state index contributed by atoms with van der Waals surface area (Å²) in [6, 6.07) is 3.68.